The van der Waals surface area contributed by atoms with Gasteiger partial charge in [-0.05, 0) is 18.8 Å². The van der Waals surface area contributed by atoms with Crippen molar-refractivity contribution in [1.82, 2.24) is 10.2 Å². The first-order valence-electron chi connectivity index (χ1n) is 5.90. The van der Waals surface area contributed by atoms with E-state index >= 15 is 0 Å². The number of carbonyl (C=O) groups excluding carboxylic acids is 1. The maximum absolute atomic E-state index is 11.8. The van der Waals surface area contributed by atoms with Crippen molar-refractivity contribution < 1.29 is 24.6 Å². The molecule has 1 fully saturated rings. The molecule has 0 saturated carbocycles. The topological polar surface area (TPSA) is 107 Å². The summed E-state index contributed by atoms with van der Waals surface area (Å²) in [6.07, 6.45) is 1.30. The summed E-state index contributed by atoms with van der Waals surface area (Å²) in [6, 6.07) is -1.89. The quantitative estimate of drug-likeness (QED) is 0.674. The lowest BCUT2D eigenvalue weighted by Crippen LogP contribution is -2.51. The number of aliphatic carboxylic acids is 2. The molecule has 0 aromatic rings. The van der Waals surface area contributed by atoms with Crippen LogP contribution in [-0.4, -0.2) is 52.2 Å². The summed E-state index contributed by atoms with van der Waals surface area (Å²) in [5.41, 5.74) is 0. The van der Waals surface area contributed by atoms with Crippen LogP contribution in [0.5, 0.6) is 0 Å². The van der Waals surface area contributed by atoms with Crippen LogP contribution in [0.15, 0.2) is 0 Å². The van der Waals surface area contributed by atoms with Gasteiger partial charge in [-0.25, -0.2) is 9.59 Å². The molecule has 2 amide bonds. The van der Waals surface area contributed by atoms with E-state index in [-0.39, 0.29) is 0 Å². The Morgan fingerprint density at radius 1 is 1.39 bits per heavy atom. The Morgan fingerprint density at radius 3 is 2.56 bits per heavy atom. The molecule has 2 atom stereocenters. The molecule has 3 N–H and O–H groups in total. The minimum absolute atomic E-state index is 0.382. The maximum atomic E-state index is 11.8. The number of carboxylic acid groups (broad SMARTS) is 2. The number of likely N-dealkylation sites (tertiary alicyclic amines) is 1. The van der Waals surface area contributed by atoms with Crippen molar-refractivity contribution in [2.75, 3.05) is 13.1 Å². The zero-order chi connectivity index (χ0) is 13.7. The number of urea groups is 1. The Morgan fingerprint density at radius 2 is 2.06 bits per heavy atom. The van der Waals surface area contributed by atoms with E-state index in [1.54, 1.807) is 0 Å². The van der Waals surface area contributed by atoms with Crippen LogP contribution in [-0.2, 0) is 9.59 Å². The number of hydrogen-bond donors (Lipinski definition) is 3. The fraction of sp³-hybridized carbons (Fsp3) is 0.727. The standard InChI is InChI=1S/C11H18N2O5/c1-7-3-2-4-13(6-7)11(18)12-8(10(16)17)5-9(14)15/h7-8H,2-6H2,1H3,(H,12,18)(H,14,15)(H,16,17). The van der Waals surface area contributed by atoms with Gasteiger partial charge < -0.3 is 20.4 Å². The summed E-state index contributed by atoms with van der Waals surface area (Å²) in [6.45, 7) is 3.17. The first kappa shape index (κ1) is 14.3. The summed E-state index contributed by atoms with van der Waals surface area (Å²) >= 11 is 0. The van der Waals surface area contributed by atoms with Crippen molar-refractivity contribution in [2.45, 2.75) is 32.2 Å². The number of hydrogen-bond acceptors (Lipinski definition) is 3. The maximum Gasteiger partial charge on any atom is 0.326 e. The molecule has 0 radical (unpaired) electrons. The van der Waals surface area contributed by atoms with Gasteiger partial charge in [0.15, 0.2) is 0 Å². The fourth-order valence-corrected chi connectivity index (χ4v) is 1.99. The van der Waals surface area contributed by atoms with Gasteiger partial charge in [-0.2, -0.15) is 0 Å². The van der Waals surface area contributed by atoms with Crippen molar-refractivity contribution in [3.8, 4) is 0 Å². The molecule has 0 aromatic heterocycles. The summed E-state index contributed by atoms with van der Waals surface area (Å²) in [5, 5.41) is 19.6. The molecule has 1 heterocycles. The highest BCUT2D eigenvalue weighted by Gasteiger charge is 2.27. The van der Waals surface area contributed by atoms with Gasteiger partial charge in [-0.1, -0.05) is 6.92 Å². The number of carbonyl (C=O) groups is 3. The minimum Gasteiger partial charge on any atom is -0.481 e. The highest BCUT2D eigenvalue weighted by atomic mass is 16.4. The van der Waals surface area contributed by atoms with Gasteiger partial charge in [0.2, 0.25) is 0 Å². The molecule has 1 saturated heterocycles. The van der Waals surface area contributed by atoms with E-state index in [0.717, 1.165) is 12.8 Å². The SMILES string of the molecule is CC1CCCN(C(=O)NC(CC(=O)O)C(=O)O)C1. The molecule has 7 heteroatoms. The number of carboxylic acids is 2. The molecule has 0 aliphatic carbocycles. The van der Waals surface area contributed by atoms with Crippen LogP contribution >= 0.6 is 0 Å². The van der Waals surface area contributed by atoms with Gasteiger partial charge in [0, 0.05) is 13.1 Å². The number of piperidine rings is 1. The van der Waals surface area contributed by atoms with E-state index in [4.69, 9.17) is 10.2 Å². The van der Waals surface area contributed by atoms with Crippen LogP contribution in [0, 0.1) is 5.92 Å². The molecule has 0 bridgehead atoms. The summed E-state index contributed by atoms with van der Waals surface area (Å²) in [7, 11) is 0. The zero-order valence-corrected chi connectivity index (χ0v) is 10.3. The predicted molar refractivity (Wildman–Crippen MR) is 62.2 cm³/mol. The van der Waals surface area contributed by atoms with E-state index < -0.39 is 30.4 Å². The van der Waals surface area contributed by atoms with Crippen LogP contribution in [0.3, 0.4) is 0 Å². The van der Waals surface area contributed by atoms with Gasteiger partial charge in [0.25, 0.3) is 0 Å². The predicted octanol–water partition coefficient (Wildman–Crippen LogP) is 0.356. The Hall–Kier alpha value is -1.79. The Labute approximate surface area is 105 Å². The lowest BCUT2D eigenvalue weighted by atomic mass is 10.0. The second-order valence-electron chi connectivity index (χ2n) is 4.63. The molecule has 18 heavy (non-hydrogen) atoms. The lowest BCUT2D eigenvalue weighted by Gasteiger charge is -2.31. The monoisotopic (exact) mass is 258 g/mol. The molecule has 0 aromatic carbocycles. The third-order valence-electron chi connectivity index (χ3n) is 2.92. The van der Waals surface area contributed by atoms with Crippen molar-refractivity contribution >= 4 is 18.0 Å². The first-order chi connectivity index (χ1) is 8.40. The minimum atomic E-state index is -1.38. The molecule has 2 unspecified atom stereocenters. The van der Waals surface area contributed by atoms with Gasteiger partial charge in [-0.3, -0.25) is 4.79 Å². The molecular formula is C11H18N2O5. The highest BCUT2D eigenvalue weighted by molar-refractivity contribution is 5.86. The van der Waals surface area contributed by atoms with Crippen molar-refractivity contribution in [2.24, 2.45) is 5.92 Å². The summed E-state index contributed by atoms with van der Waals surface area (Å²) < 4.78 is 0. The zero-order valence-electron chi connectivity index (χ0n) is 10.3. The van der Waals surface area contributed by atoms with E-state index in [1.807, 2.05) is 6.92 Å². The Bertz CT molecular complexity index is 344. The van der Waals surface area contributed by atoms with Gasteiger partial charge >= 0.3 is 18.0 Å². The average Bonchev–Trinajstić information content (AvgIpc) is 2.27. The number of rotatable bonds is 4. The average molecular weight is 258 g/mol. The van der Waals surface area contributed by atoms with E-state index in [0.29, 0.717) is 19.0 Å². The van der Waals surface area contributed by atoms with Gasteiger partial charge in [0.05, 0.1) is 6.42 Å². The number of amides is 2. The van der Waals surface area contributed by atoms with E-state index in [2.05, 4.69) is 5.32 Å². The van der Waals surface area contributed by atoms with Gasteiger partial charge in [0.1, 0.15) is 6.04 Å². The highest BCUT2D eigenvalue weighted by Crippen LogP contribution is 2.15. The van der Waals surface area contributed by atoms with Crippen molar-refractivity contribution in [1.29, 1.82) is 0 Å². The fourth-order valence-electron chi connectivity index (χ4n) is 1.99. The summed E-state index contributed by atoms with van der Waals surface area (Å²) in [5.74, 6) is -2.21. The second kappa shape index (κ2) is 6.23. The Balaban J connectivity index is 2.54. The third kappa shape index (κ3) is 4.23. The van der Waals surface area contributed by atoms with E-state index in [1.165, 1.54) is 4.90 Å². The van der Waals surface area contributed by atoms with Crippen molar-refractivity contribution in [3.63, 3.8) is 0 Å². The molecule has 0 spiro atoms. The smallest absolute Gasteiger partial charge is 0.326 e. The van der Waals surface area contributed by atoms with Crippen LogP contribution in [0.2, 0.25) is 0 Å². The molecule has 7 nitrogen and oxygen atoms in total. The van der Waals surface area contributed by atoms with Crippen LogP contribution in [0.4, 0.5) is 4.79 Å². The number of nitrogens with one attached hydrogen (secondary N) is 1. The van der Waals surface area contributed by atoms with E-state index in [9.17, 15) is 14.4 Å². The van der Waals surface area contributed by atoms with Crippen LogP contribution in [0.1, 0.15) is 26.2 Å². The third-order valence-corrected chi connectivity index (χ3v) is 2.92. The van der Waals surface area contributed by atoms with Crippen LogP contribution in [0.25, 0.3) is 0 Å². The first-order valence-corrected chi connectivity index (χ1v) is 5.90. The largest absolute Gasteiger partial charge is 0.481 e. The van der Waals surface area contributed by atoms with Crippen molar-refractivity contribution in [3.05, 3.63) is 0 Å². The molecule has 1 aliphatic rings. The normalized spacial score (nSPS) is 21.2. The van der Waals surface area contributed by atoms with Crippen LogP contribution < -0.4 is 5.32 Å². The summed E-state index contributed by atoms with van der Waals surface area (Å²) in [4.78, 5) is 34.6. The number of nitrogens with zero attached hydrogens (tertiary/aromatic N) is 1. The molecule has 102 valence electrons. The molecule has 1 aliphatic heterocycles. The van der Waals surface area contributed by atoms with Gasteiger partial charge in [-0.15, -0.1) is 0 Å². The lowest BCUT2D eigenvalue weighted by molar-refractivity contribution is -0.145. The molecular weight excluding hydrogens is 240 g/mol. The second-order valence-corrected chi connectivity index (χ2v) is 4.63. The molecule has 1 rings (SSSR count). The Kier molecular flexibility index (Phi) is 4.94.